The Morgan fingerprint density at radius 2 is 2.26 bits per heavy atom. The van der Waals surface area contributed by atoms with E-state index >= 15 is 0 Å². The number of hydrogen-bond donors (Lipinski definition) is 1. The lowest BCUT2D eigenvalue weighted by atomic mass is 9.80. The first-order valence-corrected chi connectivity index (χ1v) is 7.47. The Balaban J connectivity index is 0.00000208. The number of nitrogens with one attached hydrogen (secondary N) is 1. The number of methoxy groups -OCH3 is 1. The van der Waals surface area contributed by atoms with Gasteiger partial charge in [0, 0.05) is 26.7 Å². The summed E-state index contributed by atoms with van der Waals surface area (Å²) in [5, 5.41) is 17.5. The van der Waals surface area contributed by atoms with Crippen molar-refractivity contribution < 1.29 is 6.16 Å². The van der Waals surface area contributed by atoms with Crippen molar-refractivity contribution in [2.45, 2.75) is 18.8 Å². The molecule has 1 atom stereocenters. The molecule has 2 heterocycles. The monoisotopic (exact) mass is 308 g/mol. The van der Waals surface area contributed by atoms with Crippen LogP contribution in [-0.2, 0) is 10.2 Å². The number of H-pyrrole nitrogens is 1. The highest BCUT2D eigenvalue weighted by Gasteiger charge is 2.26. The van der Waals surface area contributed by atoms with Crippen LogP contribution in [-0.4, -0.2) is 28.9 Å². The summed E-state index contributed by atoms with van der Waals surface area (Å²) in [5.41, 5.74) is 3.28. The summed E-state index contributed by atoms with van der Waals surface area (Å²) in [6, 6.07) is 12.5. The van der Waals surface area contributed by atoms with Gasteiger partial charge >= 0.3 is 0 Å². The molecule has 1 unspecified atom stereocenters. The van der Waals surface area contributed by atoms with E-state index in [4.69, 9.17) is 4.74 Å². The van der Waals surface area contributed by atoms with E-state index in [1.807, 2.05) is 31.2 Å². The van der Waals surface area contributed by atoms with Gasteiger partial charge in [-0.05, 0) is 42.2 Å². The van der Waals surface area contributed by atoms with Crippen molar-refractivity contribution in [2.75, 3.05) is 13.7 Å². The third kappa shape index (κ3) is 2.81. The Bertz CT molecular complexity index is 871. The molecule has 0 bridgehead atoms. The Morgan fingerprint density at radius 3 is 3.04 bits per heavy atom. The van der Waals surface area contributed by atoms with E-state index in [1.54, 1.807) is 19.5 Å². The molecular formula is C18H20N4O. The largest absolute Gasteiger partial charge is 0.385 e. The standard InChI is InChI=1S/C18H18N4O.H2/c1-18(12-19,7-9-23-2)14-5-3-4-13(10-14)15-6-8-20-17-16(15)11-21-22-17;/h3-6,8,10-11H,7,9H2,1-2H3,(H,20,21,22);1H. The van der Waals surface area contributed by atoms with Crippen LogP contribution in [0.4, 0.5) is 0 Å². The minimum atomic E-state index is -0.575. The highest BCUT2D eigenvalue weighted by atomic mass is 16.5. The van der Waals surface area contributed by atoms with Gasteiger partial charge in [-0.25, -0.2) is 4.98 Å². The molecule has 1 aromatic carbocycles. The molecule has 0 amide bonds. The highest BCUT2D eigenvalue weighted by Crippen LogP contribution is 2.32. The van der Waals surface area contributed by atoms with Crippen molar-refractivity contribution in [3.63, 3.8) is 0 Å². The maximum atomic E-state index is 9.63. The maximum Gasteiger partial charge on any atom is 0.155 e. The minimum Gasteiger partial charge on any atom is -0.385 e. The molecule has 0 spiro atoms. The molecule has 5 heteroatoms. The van der Waals surface area contributed by atoms with E-state index in [2.05, 4.69) is 27.3 Å². The summed E-state index contributed by atoms with van der Waals surface area (Å²) in [6.45, 7) is 2.50. The number of ether oxygens (including phenoxy) is 1. The minimum absolute atomic E-state index is 0. The molecular weight excluding hydrogens is 288 g/mol. The molecule has 0 aliphatic carbocycles. The number of benzene rings is 1. The van der Waals surface area contributed by atoms with Crippen LogP contribution in [0.25, 0.3) is 22.2 Å². The van der Waals surface area contributed by atoms with Crippen LogP contribution in [0.3, 0.4) is 0 Å². The van der Waals surface area contributed by atoms with Gasteiger partial charge in [-0.1, -0.05) is 18.2 Å². The molecule has 3 aromatic rings. The second-order valence-electron chi connectivity index (χ2n) is 5.76. The van der Waals surface area contributed by atoms with Crippen molar-refractivity contribution in [3.05, 3.63) is 48.3 Å². The number of nitrogens with zero attached hydrogens (tertiary/aromatic N) is 3. The Labute approximate surface area is 136 Å². The van der Waals surface area contributed by atoms with Crippen molar-refractivity contribution in [1.82, 2.24) is 15.2 Å². The zero-order valence-corrected chi connectivity index (χ0v) is 13.2. The van der Waals surface area contributed by atoms with E-state index in [-0.39, 0.29) is 1.43 Å². The van der Waals surface area contributed by atoms with Crippen LogP contribution in [0, 0.1) is 11.3 Å². The summed E-state index contributed by atoms with van der Waals surface area (Å²) in [4.78, 5) is 4.27. The fraction of sp³-hybridized carbons (Fsp3) is 0.278. The van der Waals surface area contributed by atoms with E-state index in [1.165, 1.54) is 0 Å². The van der Waals surface area contributed by atoms with Gasteiger partial charge in [-0.2, -0.15) is 10.4 Å². The molecule has 3 rings (SSSR count). The second kappa shape index (κ2) is 6.19. The predicted molar refractivity (Wildman–Crippen MR) is 90.9 cm³/mol. The molecule has 23 heavy (non-hydrogen) atoms. The van der Waals surface area contributed by atoms with Gasteiger partial charge in [0.25, 0.3) is 0 Å². The lowest BCUT2D eigenvalue weighted by Crippen LogP contribution is -2.21. The van der Waals surface area contributed by atoms with Gasteiger partial charge in [0.15, 0.2) is 5.65 Å². The van der Waals surface area contributed by atoms with E-state index in [0.29, 0.717) is 13.0 Å². The van der Waals surface area contributed by atoms with Crippen LogP contribution in [0.2, 0.25) is 0 Å². The maximum absolute atomic E-state index is 9.63. The fourth-order valence-corrected chi connectivity index (χ4v) is 2.70. The van der Waals surface area contributed by atoms with Crippen LogP contribution in [0.15, 0.2) is 42.7 Å². The van der Waals surface area contributed by atoms with Gasteiger partial charge in [-0.3, -0.25) is 5.10 Å². The number of rotatable bonds is 5. The first kappa shape index (κ1) is 15.2. The number of pyridine rings is 1. The summed E-state index contributed by atoms with van der Waals surface area (Å²) >= 11 is 0. The fourth-order valence-electron chi connectivity index (χ4n) is 2.70. The zero-order valence-electron chi connectivity index (χ0n) is 13.2. The summed E-state index contributed by atoms with van der Waals surface area (Å²) < 4.78 is 5.15. The number of hydrogen-bond acceptors (Lipinski definition) is 4. The topological polar surface area (TPSA) is 74.6 Å². The normalized spacial score (nSPS) is 13.6. The van der Waals surface area contributed by atoms with Gasteiger partial charge in [0.2, 0.25) is 0 Å². The van der Waals surface area contributed by atoms with Crippen molar-refractivity contribution in [1.29, 1.82) is 5.26 Å². The number of aromatic amines is 1. The number of fused-ring (bicyclic) bond motifs is 1. The van der Waals surface area contributed by atoms with E-state index < -0.39 is 5.41 Å². The van der Waals surface area contributed by atoms with E-state index in [9.17, 15) is 5.26 Å². The average molecular weight is 308 g/mol. The summed E-state index contributed by atoms with van der Waals surface area (Å²) in [5.74, 6) is 0. The molecule has 0 aliphatic heterocycles. The third-order valence-electron chi connectivity index (χ3n) is 4.22. The SMILES string of the molecule is COCCC(C)(C#N)c1cccc(-c2ccnc3[nH]ncc23)c1.[HH]. The highest BCUT2D eigenvalue weighted by molar-refractivity contribution is 5.92. The first-order chi connectivity index (χ1) is 11.2. The smallest absolute Gasteiger partial charge is 0.155 e. The Kier molecular flexibility index (Phi) is 4.09. The van der Waals surface area contributed by atoms with Crippen molar-refractivity contribution in [2.24, 2.45) is 0 Å². The molecule has 5 nitrogen and oxygen atoms in total. The van der Waals surface area contributed by atoms with Crippen LogP contribution >= 0.6 is 0 Å². The van der Waals surface area contributed by atoms with Gasteiger partial charge < -0.3 is 4.74 Å². The molecule has 1 N–H and O–H groups in total. The Morgan fingerprint density at radius 1 is 1.39 bits per heavy atom. The molecule has 0 saturated carbocycles. The zero-order chi connectivity index (χ0) is 16.3. The van der Waals surface area contributed by atoms with Gasteiger partial charge in [0.05, 0.1) is 17.7 Å². The lowest BCUT2D eigenvalue weighted by Gasteiger charge is -2.22. The van der Waals surface area contributed by atoms with Crippen LogP contribution in [0.5, 0.6) is 0 Å². The van der Waals surface area contributed by atoms with Gasteiger partial charge in [0.1, 0.15) is 0 Å². The number of aromatic nitrogens is 3. The average Bonchev–Trinajstić information content (AvgIpc) is 3.08. The summed E-state index contributed by atoms with van der Waals surface area (Å²) in [7, 11) is 1.65. The van der Waals surface area contributed by atoms with Crippen molar-refractivity contribution >= 4 is 11.0 Å². The third-order valence-corrected chi connectivity index (χ3v) is 4.22. The molecule has 118 valence electrons. The Hall–Kier alpha value is -2.71. The molecule has 0 saturated heterocycles. The van der Waals surface area contributed by atoms with Crippen LogP contribution in [0.1, 0.15) is 20.3 Å². The molecule has 0 aliphatic rings. The van der Waals surface area contributed by atoms with Gasteiger partial charge in [-0.15, -0.1) is 0 Å². The molecule has 0 fully saturated rings. The van der Waals surface area contributed by atoms with Crippen molar-refractivity contribution in [3.8, 4) is 17.2 Å². The summed E-state index contributed by atoms with van der Waals surface area (Å²) in [6.07, 6.45) is 4.19. The first-order valence-electron chi connectivity index (χ1n) is 7.47. The van der Waals surface area contributed by atoms with Crippen LogP contribution < -0.4 is 0 Å². The second-order valence-corrected chi connectivity index (χ2v) is 5.76. The van der Waals surface area contributed by atoms with E-state index in [0.717, 1.165) is 27.7 Å². The molecule has 2 aromatic heterocycles. The lowest BCUT2D eigenvalue weighted by molar-refractivity contribution is 0.181. The predicted octanol–water partition coefficient (Wildman–Crippen LogP) is 3.69. The molecule has 0 radical (unpaired) electrons. The number of nitriles is 1. The quantitative estimate of drug-likeness (QED) is 0.780.